The quantitative estimate of drug-likeness (QED) is 0.557. The third-order valence-electron chi connectivity index (χ3n) is 6.39. The number of likely N-dealkylation sites (tertiary alicyclic amines) is 1. The zero-order valence-electron chi connectivity index (χ0n) is 18.9. The van der Waals surface area contributed by atoms with Crippen LogP contribution in [0.25, 0.3) is 16.9 Å². The second-order valence-electron chi connectivity index (χ2n) is 8.70. The summed E-state index contributed by atoms with van der Waals surface area (Å²) in [6, 6.07) is 8.75. The van der Waals surface area contributed by atoms with Crippen LogP contribution in [0.15, 0.2) is 48.8 Å². The summed E-state index contributed by atoms with van der Waals surface area (Å²) >= 11 is 0. The number of pyridine rings is 1. The average molecular weight is 469 g/mol. The van der Waals surface area contributed by atoms with E-state index in [1.165, 1.54) is 10.7 Å². The smallest absolute Gasteiger partial charge is 0.274 e. The van der Waals surface area contributed by atoms with Crippen molar-refractivity contribution in [1.29, 1.82) is 0 Å². The van der Waals surface area contributed by atoms with E-state index >= 15 is 0 Å². The van der Waals surface area contributed by atoms with Crippen LogP contribution in [-0.2, 0) is 9.47 Å². The highest BCUT2D eigenvalue weighted by atomic mass is 19.2. The Kier molecular flexibility index (Phi) is 6.14. The third-order valence-corrected chi connectivity index (χ3v) is 6.39. The van der Waals surface area contributed by atoms with Gasteiger partial charge in [0.1, 0.15) is 0 Å². The maximum Gasteiger partial charge on any atom is 0.274 e. The number of ether oxygens (including phenoxy) is 2. The lowest BCUT2D eigenvalue weighted by Crippen LogP contribution is -2.47. The molecule has 0 N–H and O–H groups in total. The second-order valence-corrected chi connectivity index (χ2v) is 8.70. The van der Waals surface area contributed by atoms with Crippen LogP contribution in [0.1, 0.15) is 43.1 Å². The summed E-state index contributed by atoms with van der Waals surface area (Å²) in [4.78, 5) is 19.1. The van der Waals surface area contributed by atoms with Crippen molar-refractivity contribution in [2.45, 2.75) is 44.5 Å². The first-order valence-corrected chi connectivity index (χ1v) is 11.5. The zero-order valence-corrected chi connectivity index (χ0v) is 18.9. The number of benzene rings is 1. The van der Waals surface area contributed by atoms with Crippen LogP contribution < -0.4 is 0 Å². The van der Waals surface area contributed by atoms with Gasteiger partial charge in [-0.1, -0.05) is 13.3 Å². The van der Waals surface area contributed by atoms with Gasteiger partial charge < -0.3 is 14.4 Å². The van der Waals surface area contributed by atoms with Crippen LogP contribution in [0.3, 0.4) is 0 Å². The maximum absolute atomic E-state index is 14.0. The van der Waals surface area contributed by atoms with E-state index in [9.17, 15) is 13.6 Å². The number of carbonyl (C=O) groups excluding carboxylic acids is 1. The number of aromatic nitrogens is 3. The molecule has 2 aliphatic rings. The minimum atomic E-state index is -0.985. The molecule has 0 bridgehead atoms. The van der Waals surface area contributed by atoms with Crippen molar-refractivity contribution >= 4 is 5.91 Å². The van der Waals surface area contributed by atoms with E-state index in [4.69, 9.17) is 9.47 Å². The predicted octanol–water partition coefficient (Wildman–Crippen LogP) is 4.36. The van der Waals surface area contributed by atoms with Gasteiger partial charge in [0.25, 0.3) is 5.91 Å². The lowest BCUT2D eigenvalue weighted by Gasteiger charge is -2.37. The van der Waals surface area contributed by atoms with Gasteiger partial charge in [-0.2, -0.15) is 5.10 Å². The van der Waals surface area contributed by atoms with Gasteiger partial charge in [0, 0.05) is 50.0 Å². The molecule has 0 radical (unpaired) electrons. The number of hydrogen-bond donors (Lipinski definition) is 0. The molecule has 2 aliphatic heterocycles. The summed E-state index contributed by atoms with van der Waals surface area (Å²) in [5.41, 5.74) is 1.87. The summed E-state index contributed by atoms with van der Waals surface area (Å²) in [6.07, 6.45) is 6.55. The number of amides is 1. The Bertz CT molecular complexity index is 1180. The molecule has 4 heterocycles. The van der Waals surface area contributed by atoms with E-state index in [1.54, 1.807) is 35.5 Å². The second kappa shape index (κ2) is 9.23. The lowest BCUT2D eigenvalue weighted by atomic mass is 10.0. The highest BCUT2D eigenvalue weighted by Gasteiger charge is 2.44. The SMILES string of the molecule is CCCC1COC2(CCN(C(=O)c3cc(-c4ccncc4)n(-c4ccc(F)c(F)c4)n3)CC2)O1. The van der Waals surface area contributed by atoms with E-state index in [-0.39, 0.29) is 17.7 Å². The van der Waals surface area contributed by atoms with E-state index in [0.29, 0.717) is 43.9 Å². The van der Waals surface area contributed by atoms with Crippen molar-refractivity contribution in [2.24, 2.45) is 0 Å². The fourth-order valence-corrected chi connectivity index (χ4v) is 4.58. The first-order valence-electron chi connectivity index (χ1n) is 11.5. The van der Waals surface area contributed by atoms with Crippen molar-refractivity contribution in [3.05, 3.63) is 66.1 Å². The average Bonchev–Trinajstić information content (AvgIpc) is 3.47. The maximum atomic E-state index is 14.0. The summed E-state index contributed by atoms with van der Waals surface area (Å²) in [5, 5.41) is 4.48. The van der Waals surface area contributed by atoms with Crippen molar-refractivity contribution < 1.29 is 23.0 Å². The fraction of sp³-hybridized carbons (Fsp3) is 0.400. The zero-order chi connectivity index (χ0) is 23.7. The first kappa shape index (κ1) is 22.6. The molecule has 1 aromatic carbocycles. The van der Waals surface area contributed by atoms with Crippen LogP contribution in [0.4, 0.5) is 8.78 Å². The molecule has 0 saturated carbocycles. The number of carbonyl (C=O) groups is 1. The van der Waals surface area contributed by atoms with Gasteiger partial charge >= 0.3 is 0 Å². The van der Waals surface area contributed by atoms with Gasteiger partial charge in [0.15, 0.2) is 23.1 Å². The van der Waals surface area contributed by atoms with E-state index in [1.807, 2.05) is 0 Å². The number of nitrogens with zero attached hydrogens (tertiary/aromatic N) is 4. The minimum Gasteiger partial charge on any atom is -0.347 e. The fourth-order valence-electron chi connectivity index (χ4n) is 4.58. The normalized spacial score (nSPS) is 19.6. The Labute approximate surface area is 196 Å². The van der Waals surface area contributed by atoms with Gasteiger partial charge in [-0.25, -0.2) is 13.5 Å². The van der Waals surface area contributed by atoms with Crippen LogP contribution in [0.2, 0.25) is 0 Å². The Morgan fingerprint density at radius 1 is 1.12 bits per heavy atom. The van der Waals surface area contributed by atoms with Crippen molar-refractivity contribution in [1.82, 2.24) is 19.7 Å². The molecule has 2 saturated heterocycles. The molecule has 7 nitrogen and oxygen atoms in total. The molecular formula is C25H26F2N4O3. The molecule has 2 fully saturated rings. The summed E-state index contributed by atoms with van der Waals surface area (Å²) in [7, 11) is 0. The summed E-state index contributed by atoms with van der Waals surface area (Å²) in [5.74, 6) is -2.77. The van der Waals surface area contributed by atoms with Crippen molar-refractivity contribution in [3.8, 4) is 16.9 Å². The van der Waals surface area contributed by atoms with Crippen molar-refractivity contribution in [2.75, 3.05) is 19.7 Å². The van der Waals surface area contributed by atoms with E-state index < -0.39 is 17.4 Å². The molecular weight excluding hydrogens is 442 g/mol. The van der Waals surface area contributed by atoms with E-state index in [2.05, 4.69) is 17.0 Å². The lowest BCUT2D eigenvalue weighted by molar-refractivity contribution is -0.192. The highest BCUT2D eigenvalue weighted by Crippen LogP contribution is 2.36. The largest absolute Gasteiger partial charge is 0.347 e. The molecule has 1 amide bonds. The summed E-state index contributed by atoms with van der Waals surface area (Å²) in [6.45, 7) is 3.69. The van der Waals surface area contributed by atoms with Gasteiger partial charge in [-0.15, -0.1) is 0 Å². The number of hydrogen-bond acceptors (Lipinski definition) is 5. The van der Waals surface area contributed by atoms with Gasteiger partial charge in [0.2, 0.25) is 0 Å². The topological polar surface area (TPSA) is 69.5 Å². The molecule has 178 valence electrons. The number of piperidine rings is 1. The van der Waals surface area contributed by atoms with Crippen molar-refractivity contribution in [3.63, 3.8) is 0 Å². The Hall–Kier alpha value is -3.17. The van der Waals surface area contributed by atoms with Crippen LogP contribution in [0.5, 0.6) is 0 Å². The standard InChI is InChI=1S/C25H26F2N4O3/c1-2-3-19-16-33-25(34-19)8-12-30(13-9-25)24(32)22-15-23(17-6-10-28-11-7-17)31(29-22)18-4-5-20(26)21(27)14-18/h4-7,10-11,14-15,19H,2-3,8-9,12-13,16H2,1H3. The van der Waals surface area contributed by atoms with E-state index in [0.717, 1.165) is 30.5 Å². The molecule has 1 spiro atoms. The Balaban J connectivity index is 1.39. The minimum absolute atomic E-state index is 0.113. The molecule has 5 rings (SSSR count). The molecule has 0 aliphatic carbocycles. The van der Waals surface area contributed by atoms with Crippen LogP contribution >= 0.6 is 0 Å². The van der Waals surface area contributed by atoms with Crippen LogP contribution in [-0.4, -0.2) is 57.2 Å². The monoisotopic (exact) mass is 468 g/mol. The Morgan fingerprint density at radius 3 is 2.59 bits per heavy atom. The summed E-state index contributed by atoms with van der Waals surface area (Å²) < 4.78 is 41.1. The predicted molar refractivity (Wildman–Crippen MR) is 120 cm³/mol. The molecule has 1 atom stereocenters. The van der Waals surface area contributed by atoms with Gasteiger partial charge in [0.05, 0.1) is 24.1 Å². The number of halogens is 2. The first-order chi connectivity index (χ1) is 16.5. The van der Waals surface area contributed by atoms with Gasteiger partial charge in [-0.05, 0) is 36.8 Å². The molecule has 9 heteroatoms. The molecule has 3 aromatic rings. The third kappa shape index (κ3) is 4.33. The molecule has 34 heavy (non-hydrogen) atoms. The molecule has 1 unspecified atom stereocenters. The number of rotatable bonds is 5. The molecule has 2 aromatic heterocycles. The Morgan fingerprint density at radius 2 is 1.88 bits per heavy atom. The van der Waals surface area contributed by atoms with Gasteiger partial charge in [-0.3, -0.25) is 9.78 Å². The van der Waals surface area contributed by atoms with Crippen LogP contribution in [0, 0.1) is 11.6 Å². The highest BCUT2D eigenvalue weighted by molar-refractivity contribution is 5.93.